The standard InChI is InChI=1S/C8H9F3N2O/c1-5(8(9,10)11)4-6-7(14)13-3-2-12-6/h2-3,5H,4H2,1H3,(H,13,14). The number of nitrogens with one attached hydrogen (secondary N) is 1. The van der Waals surface area contributed by atoms with Crippen molar-refractivity contribution >= 4 is 0 Å². The van der Waals surface area contributed by atoms with Crippen molar-refractivity contribution < 1.29 is 13.2 Å². The van der Waals surface area contributed by atoms with Crippen molar-refractivity contribution in [3.05, 3.63) is 28.4 Å². The Morgan fingerprint density at radius 1 is 1.57 bits per heavy atom. The third-order valence-corrected chi connectivity index (χ3v) is 1.84. The highest BCUT2D eigenvalue weighted by molar-refractivity contribution is 4.97. The third kappa shape index (κ3) is 2.58. The summed E-state index contributed by atoms with van der Waals surface area (Å²) in [7, 11) is 0. The average molecular weight is 206 g/mol. The second-order valence-corrected chi connectivity index (χ2v) is 3.01. The topological polar surface area (TPSA) is 45.8 Å². The summed E-state index contributed by atoms with van der Waals surface area (Å²) >= 11 is 0. The van der Waals surface area contributed by atoms with Gasteiger partial charge in [0.1, 0.15) is 5.69 Å². The van der Waals surface area contributed by atoms with Crippen LogP contribution in [0.5, 0.6) is 0 Å². The highest BCUT2D eigenvalue weighted by atomic mass is 19.4. The molecule has 0 saturated heterocycles. The van der Waals surface area contributed by atoms with Crippen LogP contribution in [-0.2, 0) is 6.42 Å². The minimum absolute atomic E-state index is 0.0858. The van der Waals surface area contributed by atoms with E-state index in [0.717, 1.165) is 6.92 Å². The Balaban J connectivity index is 2.80. The third-order valence-electron chi connectivity index (χ3n) is 1.84. The number of aromatic nitrogens is 2. The number of halogens is 3. The molecule has 1 N–H and O–H groups in total. The molecule has 0 radical (unpaired) electrons. The zero-order chi connectivity index (χ0) is 10.8. The molecule has 0 aromatic carbocycles. The molecule has 0 spiro atoms. The molecule has 0 amide bonds. The zero-order valence-corrected chi connectivity index (χ0v) is 7.43. The lowest BCUT2D eigenvalue weighted by atomic mass is 10.1. The molecule has 1 atom stereocenters. The number of aromatic amines is 1. The molecule has 78 valence electrons. The fraction of sp³-hybridized carbons (Fsp3) is 0.500. The van der Waals surface area contributed by atoms with E-state index in [1.807, 2.05) is 0 Å². The van der Waals surface area contributed by atoms with Gasteiger partial charge >= 0.3 is 6.18 Å². The SMILES string of the molecule is CC(Cc1ncc[nH]c1=O)C(F)(F)F. The summed E-state index contributed by atoms with van der Waals surface area (Å²) in [4.78, 5) is 16.9. The predicted molar refractivity (Wildman–Crippen MR) is 43.8 cm³/mol. The Morgan fingerprint density at radius 2 is 2.21 bits per heavy atom. The van der Waals surface area contributed by atoms with Gasteiger partial charge in [-0.2, -0.15) is 13.2 Å². The first-order valence-electron chi connectivity index (χ1n) is 4.00. The normalized spacial score (nSPS) is 14.0. The van der Waals surface area contributed by atoms with Gasteiger partial charge in [-0.3, -0.25) is 9.78 Å². The number of H-pyrrole nitrogens is 1. The minimum Gasteiger partial charge on any atom is -0.326 e. The smallest absolute Gasteiger partial charge is 0.326 e. The van der Waals surface area contributed by atoms with Crippen LogP contribution in [-0.4, -0.2) is 16.1 Å². The first-order valence-corrected chi connectivity index (χ1v) is 4.00. The maximum Gasteiger partial charge on any atom is 0.391 e. The highest BCUT2D eigenvalue weighted by Crippen LogP contribution is 2.27. The second-order valence-electron chi connectivity index (χ2n) is 3.01. The summed E-state index contributed by atoms with van der Waals surface area (Å²) in [6.07, 6.45) is -2.13. The first kappa shape index (κ1) is 10.7. The summed E-state index contributed by atoms with van der Waals surface area (Å²) in [5, 5.41) is 0. The molecule has 0 saturated carbocycles. The van der Waals surface area contributed by atoms with E-state index in [9.17, 15) is 18.0 Å². The van der Waals surface area contributed by atoms with Crippen molar-refractivity contribution in [1.82, 2.24) is 9.97 Å². The van der Waals surface area contributed by atoms with Gasteiger partial charge in [-0.05, 0) is 0 Å². The van der Waals surface area contributed by atoms with Crippen LogP contribution < -0.4 is 5.56 Å². The molecule has 0 aliphatic heterocycles. The largest absolute Gasteiger partial charge is 0.391 e. The van der Waals surface area contributed by atoms with E-state index in [2.05, 4.69) is 9.97 Å². The van der Waals surface area contributed by atoms with Crippen LogP contribution in [0.1, 0.15) is 12.6 Å². The van der Waals surface area contributed by atoms with Crippen LogP contribution in [0.3, 0.4) is 0 Å². The Kier molecular flexibility index (Phi) is 2.93. The van der Waals surface area contributed by atoms with Crippen molar-refractivity contribution in [2.24, 2.45) is 5.92 Å². The molecule has 0 aliphatic rings. The van der Waals surface area contributed by atoms with E-state index in [1.54, 1.807) is 0 Å². The molecule has 14 heavy (non-hydrogen) atoms. The Hall–Kier alpha value is -1.33. The number of nitrogens with zero attached hydrogens (tertiary/aromatic N) is 1. The van der Waals surface area contributed by atoms with Crippen molar-refractivity contribution in [3.63, 3.8) is 0 Å². The molecule has 6 heteroatoms. The number of hydrogen-bond acceptors (Lipinski definition) is 2. The van der Waals surface area contributed by atoms with Crippen LogP contribution in [0.2, 0.25) is 0 Å². The van der Waals surface area contributed by atoms with Gasteiger partial charge in [0.05, 0.1) is 5.92 Å². The fourth-order valence-electron chi connectivity index (χ4n) is 0.933. The van der Waals surface area contributed by atoms with Crippen molar-refractivity contribution in [1.29, 1.82) is 0 Å². The van der Waals surface area contributed by atoms with E-state index in [1.165, 1.54) is 12.4 Å². The van der Waals surface area contributed by atoms with Crippen LogP contribution in [0.4, 0.5) is 13.2 Å². The Morgan fingerprint density at radius 3 is 2.71 bits per heavy atom. The quantitative estimate of drug-likeness (QED) is 0.797. The van der Waals surface area contributed by atoms with Crippen LogP contribution in [0.25, 0.3) is 0 Å². The molecule has 0 aliphatic carbocycles. The molecule has 1 aromatic heterocycles. The fourth-order valence-corrected chi connectivity index (χ4v) is 0.933. The molecular weight excluding hydrogens is 197 g/mol. The Bertz CT molecular complexity index is 358. The van der Waals surface area contributed by atoms with Crippen molar-refractivity contribution in [2.75, 3.05) is 0 Å². The Labute approximate surface area is 78.0 Å². The number of hydrogen-bond donors (Lipinski definition) is 1. The van der Waals surface area contributed by atoms with Crippen LogP contribution in [0.15, 0.2) is 17.2 Å². The molecule has 1 aromatic rings. The molecular formula is C8H9F3N2O. The lowest BCUT2D eigenvalue weighted by molar-refractivity contribution is -0.169. The maximum absolute atomic E-state index is 12.1. The van der Waals surface area contributed by atoms with Crippen molar-refractivity contribution in [3.8, 4) is 0 Å². The number of alkyl halides is 3. The molecule has 1 unspecified atom stereocenters. The molecule has 3 nitrogen and oxygen atoms in total. The van der Waals surface area contributed by atoms with E-state index in [0.29, 0.717) is 0 Å². The van der Waals surface area contributed by atoms with E-state index in [4.69, 9.17) is 0 Å². The summed E-state index contributed by atoms with van der Waals surface area (Å²) in [6, 6.07) is 0. The molecule has 0 fully saturated rings. The summed E-state index contributed by atoms with van der Waals surface area (Å²) in [5.41, 5.74) is -0.652. The summed E-state index contributed by atoms with van der Waals surface area (Å²) in [6.45, 7) is 1.02. The van der Waals surface area contributed by atoms with Gasteiger partial charge in [0, 0.05) is 18.8 Å². The highest BCUT2D eigenvalue weighted by Gasteiger charge is 2.36. The van der Waals surface area contributed by atoms with Gasteiger partial charge in [0.2, 0.25) is 0 Å². The van der Waals surface area contributed by atoms with Gasteiger partial charge in [-0.25, -0.2) is 0 Å². The van der Waals surface area contributed by atoms with E-state index < -0.39 is 17.7 Å². The second kappa shape index (κ2) is 3.81. The van der Waals surface area contributed by atoms with Crippen LogP contribution >= 0.6 is 0 Å². The van der Waals surface area contributed by atoms with Crippen LogP contribution in [0, 0.1) is 5.92 Å². The lowest BCUT2D eigenvalue weighted by Crippen LogP contribution is -2.26. The van der Waals surface area contributed by atoms with Gasteiger partial charge in [-0.15, -0.1) is 0 Å². The maximum atomic E-state index is 12.1. The van der Waals surface area contributed by atoms with Gasteiger partial charge in [-0.1, -0.05) is 6.92 Å². The summed E-state index contributed by atoms with van der Waals surface area (Å²) < 4.78 is 36.4. The van der Waals surface area contributed by atoms with Gasteiger partial charge < -0.3 is 4.98 Å². The molecule has 1 heterocycles. The number of rotatable bonds is 2. The van der Waals surface area contributed by atoms with Gasteiger partial charge in [0.15, 0.2) is 0 Å². The monoisotopic (exact) mass is 206 g/mol. The van der Waals surface area contributed by atoms with Crippen molar-refractivity contribution in [2.45, 2.75) is 19.5 Å². The zero-order valence-electron chi connectivity index (χ0n) is 7.43. The van der Waals surface area contributed by atoms with Gasteiger partial charge in [0.25, 0.3) is 5.56 Å². The lowest BCUT2D eigenvalue weighted by Gasteiger charge is -2.13. The summed E-state index contributed by atoms with van der Waals surface area (Å²) in [5.74, 6) is -1.56. The van der Waals surface area contributed by atoms with E-state index >= 15 is 0 Å². The van der Waals surface area contributed by atoms with E-state index in [-0.39, 0.29) is 12.1 Å². The molecule has 0 bridgehead atoms. The first-order chi connectivity index (χ1) is 6.41. The molecule has 1 rings (SSSR count). The predicted octanol–water partition coefficient (Wildman–Crippen LogP) is 1.51. The average Bonchev–Trinajstić information content (AvgIpc) is 2.07. The minimum atomic E-state index is -4.29.